The third kappa shape index (κ3) is 5.23. The van der Waals surface area contributed by atoms with Crippen molar-refractivity contribution < 1.29 is 9.53 Å². The lowest BCUT2D eigenvalue weighted by atomic mass is 10.1. The minimum atomic E-state index is 0.194. The van der Waals surface area contributed by atoms with Gasteiger partial charge in [-0.1, -0.05) is 18.2 Å². The highest BCUT2D eigenvalue weighted by Gasteiger charge is 2.23. The molecule has 3 rings (SSSR count). The number of benzene rings is 2. The van der Waals surface area contributed by atoms with E-state index in [9.17, 15) is 4.79 Å². The van der Waals surface area contributed by atoms with E-state index in [0.717, 1.165) is 55.0 Å². The molecule has 2 N–H and O–H groups in total. The number of hydrogen-bond acceptors (Lipinski definition) is 3. The molecule has 0 radical (unpaired) electrons. The van der Waals surface area contributed by atoms with E-state index in [-0.39, 0.29) is 5.91 Å². The Hall–Kier alpha value is -2.60. The van der Waals surface area contributed by atoms with Crippen molar-refractivity contribution in [2.45, 2.75) is 32.6 Å². The van der Waals surface area contributed by atoms with Gasteiger partial charge in [0.05, 0.1) is 7.11 Å². The Balaban J connectivity index is 1.47. The van der Waals surface area contributed by atoms with Crippen LogP contribution in [0.4, 0.5) is 11.4 Å². The maximum Gasteiger partial charge on any atom is 0.227 e. The monoisotopic (exact) mass is 397 g/mol. The first-order valence-corrected chi connectivity index (χ1v) is 10.1. The van der Waals surface area contributed by atoms with Crippen molar-refractivity contribution in [2.75, 3.05) is 30.4 Å². The molecule has 2 aromatic carbocycles. The van der Waals surface area contributed by atoms with E-state index in [1.807, 2.05) is 42.2 Å². The molecule has 1 aliphatic heterocycles. The highest BCUT2D eigenvalue weighted by atomic mass is 32.1. The highest BCUT2D eigenvalue weighted by Crippen LogP contribution is 2.28. The largest absolute Gasteiger partial charge is 0.497 e. The van der Waals surface area contributed by atoms with Crippen molar-refractivity contribution in [1.82, 2.24) is 5.32 Å². The maximum atomic E-state index is 12.0. The number of carbonyl (C=O) groups excluding carboxylic acids is 1. The average Bonchev–Trinajstić information content (AvgIpc) is 3.13. The average molecular weight is 398 g/mol. The summed E-state index contributed by atoms with van der Waals surface area (Å²) < 4.78 is 5.18. The van der Waals surface area contributed by atoms with Gasteiger partial charge in [0.25, 0.3) is 0 Å². The predicted octanol–water partition coefficient (Wildman–Crippen LogP) is 4.05. The van der Waals surface area contributed by atoms with Gasteiger partial charge in [-0.15, -0.1) is 0 Å². The van der Waals surface area contributed by atoms with E-state index in [4.69, 9.17) is 17.0 Å². The molecule has 0 atom stereocenters. The summed E-state index contributed by atoms with van der Waals surface area (Å²) in [5.74, 6) is 1.07. The first-order chi connectivity index (χ1) is 13.6. The lowest BCUT2D eigenvalue weighted by molar-refractivity contribution is -0.117. The Morgan fingerprint density at radius 3 is 2.68 bits per heavy atom. The summed E-state index contributed by atoms with van der Waals surface area (Å²) in [5.41, 5.74) is 4.24. The molecule has 1 aliphatic rings. The number of aryl methyl sites for hydroxylation is 2. The zero-order valence-corrected chi connectivity index (χ0v) is 17.3. The molecular formula is C22H27N3O2S. The highest BCUT2D eigenvalue weighted by molar-refractivity contribution is 7.80. The van der Waals surface area contributed by atoms with Crippen LogP contribution in [0, 0.1) is 6.92 Å². The summed E-state index contributed by atoms with van der Waals surface area (Å²) >= 11 is 5.41. The second-order valence-electron chi connectivity index (χ2n) is 6.98. The lowest BCUT2D eigenvalue weighted by Gasteiger charge is -2.20. The molecule has 0 unspecified atom stereocenters. The molecule has 28 heavy (non-hydrogen) atoms. The fourth-order valence-electron chi connectivity index (χ4n) is 3.34. The molecule has 1 fully saturated rings. The smallest absolute Gasteiger partial charge is 0.227 e. The van der Waals surface area contributed by atoms with Crippen LogP contribution in [0.3, 0.4) is 0 Å². The van der Waals surface area contributed by atoms with Crippen molar-refractivity contribution in [1.29, 1.82) is 0 Å². The van der Waals surface area contributed by atoms with Gasteiger partial charge >= 0.3 is 0 Å². The van der Waals surface area contributed by atoms with Crippen molar-refractivity contribution in [3.8, 4) is 5.75 Å². The summed E-state index contributed by atoms with van der Waals surface area (Å²) in [7, 11) is 1.67. The van der Waals surface area contributed by atoms with E-state index in [0.29, 0.717) is 11.5 Å². The second kappa shape index (κ2) is 9.55. The van der Waals surface area contributed by atoms with Crippen LogP contribution in [0.15, 0.2) is 42.5 Å². The Labute approximate surface area is 172 Å². The summed E-state index contributed by atoms with van der Waals surface area (Å²) in [6, 6.07) is 14.2. The van der Waals surface area contributed by atoms with Crippen molar-refractivity contribution in [3.05, 3.63) is 53.6 Å². The number of nitrogens with one attached hydrogen (secondary N) is 2. The van der Waals surface area contributed by atoms with Gasteiger partial charge in [0.1, 0.15) is 5.75 Å². The zero-order chi connectivity index (χ0) is 19.9. The van der Waals surface area contributed by atoms with Gasteiger partial charge in [-0.3, -0.25) is 4.79 Å². The van der Waals surface area contributed by atoms with Gasteiger partial charge in [-0.2, -0.15) is 0 Å². The Bertz CT molecular complexity index is 836. The molecular weight excluding hydrogens is 370 g/mol. The van der Waals surface area contributed by atoms with Gasteiger partial charge in [0.2, 0.25) is 5.91 Å². The van der Waals surface area contributed by atoms with Crippen LogP contribution in [0.5, 0.6) is 5.75 Å². The third-order valence-electron chi connectivity index (χ3n) is 4.92. The Morgan fingerprint density at radius 2 is 2.00 bits per heavy atom. The minimum Gasteiger partial charge on any atom is -0.497 e. The van der Waals surface area contributed by atoms with E-state index in [1.54, 1.807) is 7.11 Å². The number of anilines is 2. The van der Waals surface area contributed by atoms with Crippen LogP contribution in [0.25, 0.3) is 0 Å². The molecule has 1 saturated heterocycles. The number of rotatable bonds is 7. The van der Waals surface area contributed by atoms with E-state index < -0.39 is 0 Å². The van der Waals surface area contributed by atoms with Crippen LogP contribution < -0.4 is 20.3 Å². The molecule has 2 aromatic rings. The summed E-state index contributed by atoms with van der Waals surface area (Å²) in [4.78, 5) is 13.9. The molecule has 1 amide bonds. The number of methoxy groups -OCH3 is 1. The van der Waals surface area contributed by atoms with E-state index in [2.05, 4.69) is 22.8 Å². The van der Waals surface area contributed by atoms with Crippen LogP contribution in [-0.2, 0) is 11.2 Å². The number of amides is 1. The fourth-order valence-corrected chi connectivity index (χ4v) is 3.56. The van der Waals surface area contributed by atoms with Crippen LogP contribution >= 0.6 is 12.2 Å². The molecule has 5 nitrogen and oxygen atoms in total. The molecule has 0 aliphatic carbocycles. The van der Waals surface area contributed by atoms with Gasteiger partial charge in [0, 0.05) is 30.9 Å². The Kier molecular flexibility index (Phi) is 6.87. The van der Waals surface area contributed by atoms with Crippen LogP contribution in [0.2, 0.25) is 0 Å². The standard InChI is InChI=1S/C22H27N3O2S/c1-16-7-10-18(15-20(16)25-14-4-6-21(25)26)24-22(28)23-13-3-5-17-8-11-19(27-2)12-9-17/h7-12,15H,3-6,13-14H2,1-2H3,(H2,23,24,28). The quantitative estimate of drug-likeness (QED) is 0.545. The van der Waals surface area contributed by atoms with Gasteiger partial charge in [-0.05, 0) is 73.8 Å². The van der Waals surface area contributed by atoms with Crippen LogP contribution in [0.1, 0.15) is 30.4 Å². The van der Waals surface area contributed by atoms with Gasteiger partial charge in [0.15, 0.2) is 5.11 Å². The Morgan fingerprint density at radius 1 is 1.21 bits per heavy atom. The maximum absolute atomic E-state index is 12.0. The first kappa shape index (κ1) is 20.1. The second-order valence-corrected chi connectivity index (χ2v) is 7.39. The molecule has 0 aromatic heterocycles. The molecule has 0 saturated carbocycles. The minimum absolute atomic E-state index is 0.194. The zero-order valence-electron chi connectivity index (χ0n) is 16.5. The topological polar surface area (TPSA) is 53.6 Å². The number of ether oxygens (including phenoxy) is 1. The molecule has 0 bridgehead atoms. The van der Waals surface area contributed by atoms with Crippen molar-refractivity contribution in [3.63, 3.8) is 0 Å². The number of nitrogens with zero attached hydrogens (tertiary/aromatic N) is 1. The predicted molar refractivity (Wildman–Crippen MR) is 118 cm³/mol. The number of thiocarbonyl (C=S) groups is 1. The summed E-state index contributed by atoms with van der Waals surface area (Å²) in [6.45, 7) is 3.61. The van der Waals surface area contributed by atoms with Crippen molar-refractivity contribution in [2.24, 2.45) is 0 Å². The van der Waals surface area contributed by atoms with E-state index >= 15 is 0 Å². The molecule has 148 valence electrons. The first-order valence-electron chi connectivity index (χ1n) is 9.65. The molecule has 0 spiro atoms. The SMILES string of the molecule is COc1ccc(CCCNC(=S)Nc2ccc(C)c(N3CCCC3=O)c2)cc1. The van der Waals surface area contributed by atoms with Crippen molar-refractivity contribution >= 4 is 34.6 Å². The van der Waals surface area contributed by atoms with Gasteiger partial charge < -0.3 is 20.3 Å². The van der Waals surface area contributed by atoms with E-state index in [1.165, 1.54) is 5.56 Å². The number of carbonyl (C=O) groups is 1. The fraction of sp³-hybridized carbons (Fsp3) is 0.364. The van der Waals surface area contributed by atoms with Crippen LogP contribution in [-0.4, -0.2) is 31.2 Å². The normalized spacial score (nSPS) is 13.5. The van der Waals surface area contributed by atoms with Gasteiger partial charge in [-0.25, -0.2) is 0 Å². The summed E-state index contributed by atoms with van der Waals surface area (Å²) in [5, 5.41) is 7.07. The summed E-state index contributed by atoms with van der Waals surface area (Å²) in [6.07, 6.45) is 3.51. The lowest BCUT2D eigenvalue weighted by Crippen LogP contribution is -2.30. The molecule has 6 heteroatoms. The molecule has 1 heterocycles. The number of hydrogen-bond donors (Lipinski definition) is 2. The third-order valence-corrected chi connectivity index (χ3v) is 5.16.